The molecular formula is C20H19BrN2O5S. The molecule has 0 amide bonds. The minimum absolute atomic E-state index is 0.278. The summed E-state index contributed by atoms with van der Waals surface area (Å²) in [7, 11) is 1.59. The van der Waals surface area contributed by atoms with Crippen molar-refractivity contribution in [1.29, 1.82) is 0 Å². The van der Waals surface area contributed by atoms with E-state index in [4.69, 9.17) is 4.74 Å². The Morgan fingerprint density at radius 2 is 2.00 bits per heavy atom. The number of aliphatic carboxylic acids is 1. The number of hydrogen-bond donors (Lipinski definition) is 1. The molecule has 0 aliphatic heterocycles. The SMILES string of the molecule is COc1ccccc1CCn1c(=O)n(C2(C(=O)O)CC2)c(=O)c2c(C)c(Br)sc21. The fourth-order valence-corrected chi connectivity index (χ4v) is 5.39. The van der Waals surface area contributed by atoms with Gasteiger partial charge >= 0.3 is 11.7 Å². The lowest BCUT2D eigenvalue weighted by Gasteiger charge is -2.17. The summed E-state index contributed by atoms with van der Waals surface area (Å²) >= 11 is 4.77. The molecule has 0 radical (unpaired) electrons. The van der Waals surface area contributed by atoms with Gasteiger partial charge in [-0.05, 0) is 59.3 Å². The highest BCUT2D eigenvalue weighted by atomic mass is 79.9. The van der Waals surface area contributed by atoms with E-state index in [9.17, 15) is 19.5 Å². The van der Waals surface area contributed by atoms with Gasteiger partial charge in [0.25, 0.3) is 5.56 Å². The van der Waals surface area contributed by atoms with Gasteiger partial charge in [0, 0.05) is 6.54 Å². The number of benzene rings is 1. The minimum atomic E-state index is -1.44. The Hall–Kier alpha value is -2.39. The first kappa shape index (κ1) is 19.9. The molecule has 1 N–H and O–H groups in total. The van der Waals surface area contributed by atoms with Crippen molar-refractivity contribution in [3.63, 3.8) is 0 Å². The Morgan fingerprint density at radius 1 is 1.31 bits per heavy atom. The molecule has 1 aromatic carbocycles. The van der Waals surface area contributed by atoms with E-state index in [1.807, 2.05) is 24.3 Å². The second-order valence-corrected chi connectivity index (χ2v) is 9.47. The Kier molecular flexibility index (Phi) is 4.90. The third kappa shape index (κ3) is 3.03. The maximum absolute atomic E-state index is 13.3. The molecule has 0 atom stereocenters. The number of carbonyl (C=O) groups is 1. The number of methoxy groups -OCH3 is 1. The van der Waals surface area contributed by atoms with E-state index in [1.54, 1.807) is 14.0 Å². The molecule has 0 bridgehead atoms. The first-order valence-electron chi connectivity index (χ1n) is 9.12. The maximum Gasteiger partial charge on any atom is 0.333 e. The molecule has 0 unspecified atom stereocenters. The molecule has 2 heterocycles. The number of thiophene rings is 1. The van der Waals surface area contributed by atoms with E-state index in [1.165, 1.54) is 15.9 Å². The lowest BCUT2D eigenvalue weighted by Crippen LogP contribution is -2.48. The highest BCUT2D eigenvalue weighted by Crippen LogP contribution is 2.42. The van der Waals surface area contributed by atoms with Crippen LogP contribution in [0.4, 0.5) is 0 Å². The van der Waals surface area contributed by atoms with Crippen LogP contribution in [0.15, 0.2) is 37.6 Å². The van der Waals surface area contributed by atoms with Crippen LogP contribution < -0.4 is 16.0 Å². The molecule has 29 heavy (non-hydrogen) atoms. The van der Waals surface area contributed by atoms with Crippen LogP contribution in [-0.2, 0) is 23.3 Å². The van der Waals surface area contributed by atoms with Gasteiger partial charge in [0.05, 0.1) is 16.3 Å². The van der Waals surface area contributed by atoms with Crippen LogP contribution in [0.3, 0.4) is 0 Å². The third-order valence-electron chi connectivity index (χ3n) is 5.50. The van der Waals surface area contributed by atoms with Crippen molar-refractivity contribution in [1.82, 2.24) is 9.13 Å². The summed E-state index contributed by atoms with van der Waals surface area (Å²) < 4.78 is 8.62. The van der Waals surface area contributed by atoms with Crippen LogP contribution >= 0.6 is 27.3 Å². The molecule has 1 fully saturated rings. The largest absolute Gasteiger partial charge is 0.496 e. The van der Waals surface area contributed by atoms with Gasteiger partial charge in [-0.3, -0.25) is 9.36 Å². The summed E-state index contributed by atoms with van der Waals surface area (Å²) in [4.78, 5) is 38.9. The lowest BCUT2D eigenvalue weighted by molar-refractivity contribution is -0.142. The Bertz CT molecular complexity index is 1250. The quantitative estimate of drug-likeness (QED) is 0.587. The number of halogens is 1. The second kappa shape index (κ2) is 7.14. The normalized spacial score (nSPS) is 14.9. The predicted molar refractivity (Wildman–Crippen MR) is 114 cm³/mol. The fourth-order valence-electron chi connectivity index (χ4n) is 3.69. The van der Waals surface area contributed by atoms with Gasteiger partial charge in [-0.25, -0.2) is 14.2 Å². The number of rotatable bonds is 6. The number of carboxylic acid groups (broad SMARTS) is 1. The van der Waals surface area contributed by atoms with E-state index in [2.05, 4.69) is 15.9 Å². The average molecular weight is 479 g/mol. The molecule has 152 valence electrons. The van der Waals surface area contributed by atoms with E-state index in [-0.39, 0.29) is 12.8 Å². The standard InChI is InChI=1S/C20H19BrN2O5S/c1-11-14-16(24)23(20(8-9-20)18(25)26)19(27)22(17(14)29-15(11)21)10-7-12-5-3-4-6-13(12)28-2/h3-6H,7-10H2,1-2H3,(H,25,26). The maximum atomic E-state index is 13.3. The van der Waals surface area contributed by atoms with Crippen molar-refractivity contribution in [2.75, 3.05) is 7.11 Å². The smallest absolute Gasteiger partial charge is 0.333 e. The zero-order valence-electron chi connectivity index (χ0n) is 15.9. The highest BCUT2D eigenvalue weighted by molar-refractivity contribution is 9.11. The molecule has 7 nitrogen and oxygen atoms in total. The molecule has 1 aliphatic rings. The number of nitrogens with zero attached hydrogens (tertiary/aromatic N) is 2. The topological polar surface area (TPSA) is 90.5 Å². The zero-order chi connectivity index (χ0) is 20.9. The van der Waals surface area contributed by atoms with Gasteiger partial charge in [-0.2, -0.15) is 0 Å². The number of para-hydroxylation sites is 1. The fraction of sp³-hybridized carbons (Fsp3) is 0.350. The van der Waals surface area contributed by atoms with Crippen LogP contribution in [0.5, 0.6) is 5.75 Å². The van der Waals surface area contributed by atoms with Crippen molar-refractivity contribution < 1.29 is 14.6 Å². The van der Waals surface area contributed by atoms with Gasteiger partial charge in [0.2, 0.25) is 0 Å². The molecule has 2 aromatic heterocycles. The van der Waals surface area contributed by atoms with Crippen molar-refractivity contribution in [3.8, 4) is 5.75 Å². The number of aromatic nitrogens is 2. The van der Waals surface area contributed by atoms with E-state index in [0.717, 1.165) is 25.2 Å². The molecule has 1 aliphatic carbocycles. The van der Waals surface area contributed by atoms with Gasteiger partial charge in [0.15, 0.2) is 0 Å². The van der Waals surface area contributed by atoms with Crippen LogP contribution in [0.2, 0.25) is 0 Å². The van der Waals surface area contributed by atoms with Gasteiger partial charge in [-0.1, -0.05) is 18.2 Å². The van der Waals surface area contributed by atoms with Crippen LogP contribution in [0.25, 0.3) is 10.2 Å². The molecule has 0 saturated heterocycles. The van der Waals surface area contributed by atoms with E-state index < -0.39 is 22.8 Å². The monoisotopic (exact) mass is 478 g/mol. The van der Waals surface area contributed by atoms with Crippen molar-refractivity contribution in [3.05, 3.63) is 60.0 Å². The molecule has 0 spiro atoms. The molecule has 3 aromatic rings. The summed E-state index contributed by atoms with van der Waals surface area (Å²) in [6.45, 7) is 2.10. The number of hydrogen-bond acceptors (Lipinski definition) is 5. The number of fused-ring (bicyclic) bond motifs is 1. The average Bonchev–Trinajstić information content (AvgIpc) is 3.43. The summed E-state index contributed by atoms with van der Waals surface area (Å²) in [6.07, 6.45) is 1.06. The van der Waals surface area contributed by atoms with Gasteiger partial charge in [0.1, 0.15) is 16.1 Å². The lowest BCUT2D eigenvalue weighted by atomic mass is 10.1. The summed E-state index contributed by atoms with van der Waals surface area (Å²) in [5.41, 5.74) is -0.894. The number of ether oxygens (including phenoxy) is 1. The highest BCUT2D eigenvalue weighted by Gasteiger charge is 2.54. The number of carboxylic acids is 1. The van der Waals surface area contributed by atoms with Crippen LogP contribution in [0.1, 0.15) is 24.0 Å². The van der Waals surface area contributed by atoms with Gasteiger partial charge in [-0.15, -0.1) is 11.3 Å². The first-order chi connectivity index (χ1) is 13.8. The number of aryl methyl sites for hydroxylation is 3. The van der Waals surface area contributed by atoms with Crippen molar-refractivity contribution in [2.24, 2.45) is 0 Å². The summed E-state index contributed by atoms with van der Waals surface area (Å²) in [5, 5.41) is 10.1. The first-order valence-corrected chi connectivity index (χ1v) is 10.7. The van der Waals surface area contributed by atoms with E-state index >= 15 is 0 Å². The third-order valence-corrected chi connectivity index (χ3v) is 7.68. The molecule has 9 heteroatoms. The van der Waals surface area contributed by atoms with Crippen LogP contribution in [-0.4, -0.2) is 27.3 Å². The van der Waals surface area contributed by atoms with E-state index in [0.29, 0.717) is 23.2 Å². The zero-order valence-corrected chi connectivity index (χ0v) is 18.3. The van der Waals surface area contributed by atoms with Gasteiger partial charge < -0.3 is 9.84 Å². The molecular weight excluding hydrogens is 460 g/mol. The summed E-state index contributed by atoms with van der Waals surface area (Å²) in [6, 6.07) is 7.54. The Balaban J connectivity index is 1.92. The second-order valence-electron chi connectivity index (χ2n) is 7.15. The molecule has 4 rings (SSSR count). The van der Waals surface area contributed by atoms with Crippen molar-refractivity contribution in [2.45, 2.75) is 38.3 Å². The predicted octanol–water partition coefficient (Wildman–Crippen LogP) is 3.12. The summed E-state index contributed by atoms with van der Waals surface area (Å²) in [5.74, 6) is -0.419. The Morgan fingerprint density at radius 3 is 2.62 bits per heavy atom. The minimum Gasteiger partial charge on any atom is -0.496 e. The Labute approximate surface area is 178 Å². The molecule has 1 saturated carbocycles. The van der Waals surface area contributed by atoms with Crippen molar-refractivity contribution >= 4 is 43.5 Å². The van der Waals surface area contributed by atoms with Crippen LogP contribution in [0, 0.1) is 6.92 Å².